The van der Waals surface area contributed by atoms with E-state index in [1.807, 2.05) is 0 Å². The normalized spacial score (nSPS) is 28.8. The Hall–Kier alpha value is -0.860. The quantitative estimate of drug-likeness (QED) is 0.886. The van der Waals surface area contributed by atoms with Crippen molar-refractivity contribution in [2.45, 2.75) is 45.2 Å². The van der Waals surface area contributed by atoms with Gasteiger partial charge in [0.2, 0.25) is 0 Å². The van der Waals surface area contributed by atoms with Crippen molar-refractivity contribution >= 4 is 0 Å². The first kappa shape index (κ1) is 12.2. The Morgan fingerprint density at radius 3 is 2.39 bits per heavy atom. The first-order chi connectivity index (χ1) is 8.72. The van der Waals surface area contributed by atoms with Gasteiger partial charge >= 0.3 is 0 Å². The van der Waals surface area contributed by atoms with Crippen molar-refractivity contribution in [2.24, 2.45) is 11.7 Å². The molecule has 0 aromatic heterocycles. The molecule has 0 radical (unpaired) electrons. The van der Waals surface area contributed by atoms with Crippen molar-refractivity contribution in [2.75, 3.05) is 13.1 Å². The van der Waals surface area contributed by atoms with Crippen LogP contribution in [0.3, 0.4) is 0 Å². The van der Waals surface area contributed by atoms with Crippen molar-refractivity contribution in [3.63, 3.8) is 0 Å². The third kappa shape index (κ3) is 1.98. The van der Waals surface area contributed by atoms with E-state index in [1.54, 1.807) is 5.56 Å². The molecule has 1 saturated heterocycles. The number of nitrogens with zero attached hydrogens (tertiary/aromatic N) is 1. The smallest absolute Gasteiger partial charge is 0.0396 e. The number of aryl methyl sites for hydroxylation is 2. The SMILES string of the molecule is Cc1cccc(C)c1C1C(CN)CCN1C1CC1. The van der Waals surface area contributed by atoms with Crippen LogP contribution in [0.4, 0.5) is 0 Å². The topological polar surface area (TPSA) is 29.3 Å². The van der Waals surface area contributed by atoms with Crippen LogP contribution in [0, 0.1) is 19.8 Å². The van der Waals surface area contributed by atoms with Gasteiger partial charge in [0.25, 0.3) is 0 Å². The zero-order valence-corrected chi connectivity index (χ0v) is 11.5. The van der Waals surface area contributed by atoms with Gasteiger partial charge in [0.05, 0.1) is 0 Å². The van der Waals surface area contributed by atoms with Crippen molar-refractivity contribution in [1.29, 1.82) is 0 Å². The summed E-state index contributed by atoms with van der Waals surface area (Å²) in [6, 6.07) is 8.08. The first-order valence-electron chi connectivity index (χ1n) is 7.24. The van der Waals surface area contributed by atoms with Crippen molar-refractivity contribution in [1.82, 2.24) is 4.90 Å². The molecule has 2 atom stereocenters. The van der Waals surface area contributed by atoms with Crippen LogP contribution in [-0.4, -0.2) is 24.0 Å². The number of nitrogens with two attached hydrogens (primary N) is 1. The summed E-state index contributed by atoms with van der Waals surface area (Å²) in [4.78, 5) is 2.73. The van der Waals surface area contributed by atoms with Crippen LogP contribution in [-0.2, 0) is 0 Å². The van der Waals surface area contributed by atoms with E-state index >= 15 is 0 Å². The van der Waals surface area contributed by atoms with Gasteiger partial charge in [0.1, 0.15) is 0 Å². The first-order valence-corrected chi connectivity index (χ1v) is 7.24. The van der Waals surface area contributed by atoms with Crippen molar-refractivity contribution in [3.05, 3.63) is 34.9 Å². The Morgan fingerprint density at radius 2 is 1.83 bits per heavy atom. The summed E-state index contributed by atoms with van der Waals surface area (Å²) in [6.07, 6.45) is 4.04. The molecule has 3 rings (SSSR count). The van der Waals surface area contributed by atoms with Gasteiger partial charge in [0, 0.05) is 12.1 Å². The fourth-order valence-corrected chi connectivity index (χ4v) is 3.64. The number of benzene rings is 1. The number of rotatable bonds is 3. The van der Waals surface area contributed by atoms with Gasteiger partial charge < -0.3 is 5.73 Å². The lowest BCUT2D eigenvalue weighted by Crippen LogP contribution is -2.31. The summed E-state index contributed by atoms with van der Waals surface area (Å²) in [5, 5.41) is 0. The second kappa shape index (κ2) is 4.67. The molecule has 0 bridgehead atoms. The van der Waals surface area contributed by atoms with Crippen LogP contribution in [0.25, 0.3) is 0 Å². The highest BCUT2D eigenvalue weighted by atomic mass is 15.2. The lowest BCUT2D eigenvalue weighted by atomic mass is 9.88. The largest absolute Gasteiger partial charge is 0.330 e. The van der Waals surface area contributed by atoms with Gasteiger partial charge in [-0.05, 0) is 68.8 Å². The van der Waals surface area contributed by atoms with Gasteiger partial charge in [0.15, 0.2) is 0 Å². The lowest BCUT2D eigenvalue weighted by molar-refractivity contribution is 0.219. The van der Waals surface area contributed by atoms with E-state index in [2.05, 4.69) is 36.9 Å². The predicted molar refractivity (Wildman–Crippen MR) is 75.5 cm³/mol. The third-order valence-electron chi connectivity index (χ3n) is 4.72. The Morgan fingerprint density at radius 1 is 1.17 bits per heavy atom. The Kier molecular flexibility index (Phi) is 3.16. The summed E-state index contributed by atoms with van der Waals surface area (Å²) >= 11 is 0. The molecule has 0 spiro atoms. The summed E-state index contributed by atoms with van der Waals surface area (Å²) in [5.74, 6) is 0.644. The molecule has 18 heavy (non-hydrogen) atoms. The van der Waals surface area contributed by atoms with Crippen LogP contribution < -0.4 is 5.73 Å². The van der Waals surface area contributed by atoms with Crippen molar-refractivity contribution < 1.29 is 0 Å². The van der Waals surface area contributed by atoms with E-state index in [-0.39, 0.29) is 0 Å². The fourth-order valence-electron chi connectivity index (χ4n) is 3.64. The zero-order valence-electron chi connectivity index (χ0n) is 11.5. The highest BCUT2D eigenvalue weighted by Gasteiger charge is 2.42. The minimum absolute atomic E-state index is 0.573. The van der Waals surface area contributed by atoms with E-state index in [1.165, 1.54) is 36.9 Å². The molecule has 2 N–H and O–H groups in total. The molecule has 1 heterocycles. The fraction of sp³-hybridized carbons (Fsp3) is 0.625. The minimum atomic E-state index is 0.573. The summed E-state index contributed by atoms with van der Waals surface area (Å²) in [5.41, 5.74) is 10.4. The molecule has 1 aromatic rings. The average molecular weight is 244 g/mol. The minimum Gasteiger partial charge on any atom is -0.330 e. The molecule has 98 valence electrons. The van der Waals surface area contributed by atoms with Crippen LogP contribution in [0.15, 0.2) is 18.2 Å². The van der Waals surface area contributed by atoms with Gasteiger partial charge in [-0.2, -0.15) is 0 Å². The second-order valence-corrected chi connectivity index (χ2v) is 6.00. The maximum atomic E-state index is 6.02. The molecular weight excluding hydrogens is 220 g/mol. The standard InChI is InChI=1S/C16H24N2/c1-11-4-3-5-12(2)15(11)16-13(10-17)8-9-18(16)14-6-7-14/h3-5,13-14,16H,6-10,17H2,1-2H3. The van der Waals surface area contributed by atoms with Crippen LogP contribution >= 0.6 is 0 Å². The number of hydrogen-bond acceptors (Lipinski definition) is 2. The monoisotopic (exact) mass is 244 g/mol. The molecule has 2 heteroatoms. The zero-order chi connectivity index (χ0) is 12.7. The molecule has 2 nitrogen and oxygen atoms in total. The van der Waals surface area contributed by atoms with E-state index < -0.39 is 0 Å². The summed E-state index contributed by atoms with van der Waals surface area (Å²) in [7, 11) is 0. The van der Waals surface area contributed by atoms with Crippen LogP contribution in [0.2, 0.25) is 0 Å². The number of hydrogen-bond donors (Lipinski definition) is 1. The van der Waals surface area contributed by atoms with E-state index in [9.17, 15) is 0 Å². The molecule has 1 aliphatic heterocycles. The highest BCUT2D eigenvalue weighted by Crippen LogP contribution is 2.45. The Balaban J connectivity index is 2.00. The predicted octanol–water partition coefficient (Wildman–Crippen LogP) is 2.79. The molecule has 1 saturated carbocycles. The highest BCUT2D eigenvalue weighted by molar-refractivity contribution is 5.37. The van der Waals surface area contributed by atoms with Gasteiger partial charge in [-0.1, -0.05) is 18.2 Å². The summed E-state index contributed by atoms with van der Waals surface area (Å²) in [6.45, 7) is 6.56. The molecule has 0 amide bonds. The van der Waals surface area contributed by atoms with Gasteiger partial charge in [-0.25, -0.2) is 0 Å². The summed E-state index contributed by atoms with van der Waals surface area (Å²) < 4.78 is 0. The molecule has 2 unspecified atom stereocenters. The second-order valence-electron chi connectivity index (χ2n) is 6.00. The molecule has 1 aromatic carbocycles. The number of likely N-dealkylation sites (tertiary alicyclic amines) is 1. The third-order valence-corrected chi connectivity index (χ3v) is 4.72. The average Bonchev–Trinajstić information content (AvgIpc) is 3.11. The molecule has 2 fully saturated rings. The molecular formula is C16H24N2. The van der Waals surface area contributed by atoms with E-state index in [0.29, 0.717) is 12.0 Å². The Bertz CT molecular complexity index is 416. The van der Waals surface area contributed by atoms with E-state index in [0.717, 1.165) is 12.6 Å². The van der Waals surface area contributed by atoms with Gasteiger partial charge in [-0.15, -0.1) is 0 Å². The molecule has 1 aliphatic carbocycles. The van der Waals surface area contributed by atoms with Crippen molar-refractivity contribution in [3.8, 4) is 0 Å². The Labute approximate surface area is 110 Å². The van der Waals surface area contributed by atoms with E-state index in [4.69, 9.17) is 5.73 Å². The lowest BCUT2D eigenvalue weighted by Gasteiger charge is -2.30. The maximum Gasteiger partial charge on any atom is 0.0396 e. The van der Waals surface area contributed by atoms with Crippen LogP contribution in [0.5, 0.6) is 0 Å². The van der Waals surface area contributed by atoms with Gasteiger partial charge in [-0.3, -0.25) is 4.90 Å². The maximum absolute atomic E-state index is 6.02. The van der Waals surface area contributed by atoms with Crippen LogP contribution in [0.1, 0.15) is 42.0 Å². The molecule has 2 aliphatic rings.